The average molecular weight is 499 g/mol. The molecule has 0 bridgehead atoms. The molecule has 4 rings (SSSR count). The van der Waals surface area contributed by atoms with Gasteiger partial charge in [-0.2, -0.15) is 4.31 Å². The molecule has 2 fully saturated rings. The molecule has 4 amide bonds. The van der Waals surface area contributed by atoms with Crippen LogP contribution in [0.2, 0.25) is 0 Å². The minimum Gasteiger partial charge on any atom is -0.324 e. The summed E-state index contributed by atoms with van der Waals surface area (Å²) in [5.74, 6) is -1.06. The number of hydrogen-bond donors (Lipinski definition) is 1. The van der Waals surface area contributed by atoms with Crippen molar-refractivity contribution in [2.45, 2.75) is 50.5 Å². The first-order valence-electron chi connectivity index (χ1n) is 11.8. The molecule has 2 aliphatic heterocycles. The maximum atomic E-state index is 13.1. The van der Waals surface area contributed by atoms with Crippen molar-refractivity contribution in [3.8, 4) is 0 Å². The molecule has 9 nitrogen and oxygen atoms in total. The van der Waals surface area contributed by atoms with E-state index < -0.39 is 40.5 Å². The largest absolute Gasteiger partial charge is 0.332 e. The van der Waals surface area contributed by atoms with Gasteiger partial charge in [0.2, 0.25) is 15.9 Å². The number of nitrogens with zero attached hydrogens (tertiary/aromatic N) is 3. The van der Waals surface area contributed by atoms with Crippen LogP contribution < -0.4 is 10.2 Å². The number of carbonyl (C=O) groups excluding carboxylic acids is 3. The van der Waals surface area contributed by atoms with E-state index in [0.29, 0.717) is 18.8 Å². The number of aryl methyl sites for hydroxylation is 1. The van der Waals surface area contributed by atoms with Crippen molar-refractivity contribution in [3.63, 3.8) is 0 Å². The topological polar surface area (TPSA) is 107 Å². The van der Waals surface area contributed by atoms with E-state index in [-0.39, 0.29) is 10.6 Å². The fraction of sp³-hybridized carbons (Fsp3) is 0.400. The molecule has 1 N–H and O–H groups in total. The second-order valence-electron chi connectivity index (χ2n) is 8.98. The lowest BCUT2D eigenvalue weighted by molar-refractivity contribution is -0.130. The first-order valence-corrected chi connectivity index (χ1v) is 13.2. The summed E-state index contributed by atoms with van der Waals surface area (Å²) in [6.45, 7) is 4.04. The van der Waals surface area contributed by atoms with E-state index in [1.807, 2.05) is 19.1 Å². The number of hydrogen-bond acceptors (Lipinski definition) is 5. The summed E-state index contributed by atoms with van der Waals surface area (Å²) in [7, 11) is -3.68. The second-order valence-corrected chi connectivity index (χ2v) is 10.9. The number of sulfonamides is 1. The Morgan fingerprint density at radius 3 is 2.31 bits per heavy atom. The fourth-order valence-electron chi connectivity index (χ4n) is 4.42. The molecule has 10 heteroatoms. The number of rotatable bonds is 6. The standard InChI is InChI=1S/C25H30N4O5S/c1-18-10-12-21(13-11-18)29-19(2)24(31)28(25(29)32)17-23(30)26-20-8-7-9-22(16-20)35(33,34)27-14-5-3-4-6-15-27/h7-13,16,19H,3-6,14-15,17H2,1-2H3,(H,26,30). The van der Waals surface area contributed by atoms with Gasteiger partial charge in [-0.1, -0.05) is 36.6 Å². The second kappa shape index (κ2) is 10.2. The Morgan fingerprint density at radius 2 is 1.66 bits per heavy atom. The van der Waals surface area contributed by atoms with Gasteiger partial charge in [-0.05, 0) is 57.0 Å². The van der Waals surface area contributed by atoms with Crippen LogP contribution >= 0.6 is 0 Å². The molecule has 2 aromatic rings. The van der Waals surface area contributed by atoms with E-state index in [1.54, 1.807) is 31.2 Å². The molecular formula is C25H30N4O5S. The van der Waals surface area contributed by atoms with E-state index in [4.69, 9.17) is 0 Å². The summed E-state index contributed by atoms with van der Waals surface area (Å²) in [5.41, 5.74) is 1.89. The highest BCUT2D eigenvalue weighted by Gasteiger charge is 2.44. The number of imide groups is 1. The highest BCUT2D eigenvalue weighted by molar-refractivity contribution is 7.89. The third-order valence-electron chi connectivity index (χ3n) is 6.38. The Balaban J connectivity index is 1.45. The molecule has 2 aliphatic rings. The molecule has 35 heavy (non-hydrogen) atoms. The molecule has 1 unspecified atom stereocenters. The van der Waals surface area contributed by atoms with Gasteiger partial charge in [-0.15, -0.1) is 0 Å². The van der Waals surface area contributed by atoms with Crippen molar-refractivity contribution in [2.75, 3.05) is 29.9 Å². The van der Waals surface area contributed by atoms with Gasteiger partial charge in [0.15, 0.2) is 0 Å². The smallest absolute Gasteiger partial charge is 0.324 e. The molecule has 186 valence electrons. The van der Waals surface area contributed by atoms with Crippen LogP contribution in [-0.2, 0) is 19.6 Å². The highest BCUT2D eigenvalue weighted by atomic mass is 32.2. The maximum absolute atomic E-state index is 13.1. The predicted molar refractivity (Wildman–Crippen MR) is 133 cm³/mol. The van der Waals surface area contributed by atoms with E-state index in [1.165, 1.54) is 21.3 Å². The van der Waals surface area contributed by atoms with Crippen LogP contribution in [-0.4, -0.2) is 61.1 Å². The lowest BCUT2D eigenvalue weighted by Crippen LogP contribution is -2.39. The van der Waals surface area contributed by atoms with Crippen molar-refractivity contribution < 1.29 is 22.8 Å². The van der Waals surface area contributed by atoms with Gasteiger partial charge in [0.05, 0.1) is 4.90 Å². The summed E-state index contributed by atoms with van der Waals surface area (Å²) in [6.07, 6.45) is 3.67. The average Bonchev–Trinajstić information content (AvgIpc) is 3.04. The zero-order valence-corrected chi connectivity index (χ0v) is 20.8. The Labute approximate surface area is 205 Å². The first-order chi connectivity index (χ1) is 16.7. The van der Waals surface area contributed by atoms with Crippen LogP contribution in [0.4, 0.5) is 16.2 Å². The van der Waals surface area contributed by atoms with Gasteiger partial charge in [-0.25, -0.2) is 13.2 Å². The molecule has 0 radical (unpaired) electrons. The molecule has 0 aliphatic carbocycles. The number of anilines is 2. The number of urea groups is 1. The minimum absolute atomic E-state index is 0.102. The van der Waals surface area contributed by atoms with Gasteiger partial charge in [-0.3, -0.25) is 19.4 Å². The molecule has 2 heterocycles. The Kier molecular flexibility index (Phi) is 7.23. The number of benzene rings is 2. The van der Waals surface area contributed by atoms with Crippen LogP contribution in [0, 0.1) is 6.92 Å². The van der Waals surface area contributed by atoms with Gasteiger partial charge in [0, 0.05) is 24.5 Å². The number of carbonyl (C=O) groups is 3. The lowest BCUT2D eigenvalue weighted by Gasteiger charge is -2.20. The zero-order valence-electron chi connectivity index (χ0n) is 19.9. The Hall–Kier alpha value is -3.24. The third kappa shape index (κ3) is 5.23. The van der Waals surface area contributed by atoms with Gasteiger partial charge >= 0.3 is 6.03 Å². The van der Waals surface area contributed by atoms with Crippen LogP contribution in [0.3, 0.4) is 0 Å². The molecule has 2 aromatic carbocycles. The van der Waals surface area contributed by atoms with Crippen molar-refractivity contribution in [1.82, 2.24) is 9.21 Å². The highest BCUT2D eigenvalue weighted by Crippen LogP contribution is 2.26. The Bertz CT molecular complexity index is 1220. The van der Waals surface area contributed by atoms with Gasteiger partial charge in [0.1, 0.15) is 12.6 Å². The van der Waals surface area contributed by atoms with E-state index >= 15 is 0 Å². The zero-order chi connectivity index (χ0) is 25.2. The summed E-state index contributed by atoms with van der Waals surface area (Å²) in [5, 5.41) is 2.63. The summed E-state index contributed by atoms with van der Waals surface area (Å²) in [6, 6.07) is 12.0. The van der Waals surface area contributed by atoms with Gasteiger partial charge < -0.3 is 5.32 Å². The van der Waals surface area contributed by atoms with Crippen LogP contribution in [0.15, 0.2) is 53.4 Å². The number of nitrogens with one attached hydrogen (secondary N) is 1. The van der Waals surface area contributed by atoms with Crippen LogP contribution in [0.25, 0.3) is 0 Å². The molecule has 2 saturated heterocycles. The first kappa shape index (κ1) is 24.9. The maximum Gasteiger partial charge on any atom is 0.332 e. The van der Waals surface area contributed by atoms with E-state index in [0.717, 1.165) is 36.1 Å². The Morgan fingerprint density at radius 1 is 1.00 bits per heavy atom. The number of amides is 4. The molecule has 1 atom stereocenters. The monoisotopic (exact) mass is 498 g/mol. The van der Waals surface area contributed by atoms with E-state index in [9.17, 15) is 22.8 Å². The summed E-state index contributed by atoms with van der Waals surface area (Å²) in [4.78, 5) is 40.8. The SMILES string of the molecule is Cc1ccc(N2C(=O)N(CC(=O)Nc3cccc(S(=O)(=O)N4CCCCCC4)c3)C(=O)C2C)cc1. The van der Waals surface area contributed by atoms with Crippen molar-refractivity contribution in [3.05, 3.63) is 54.1 Å². The van der Waals surface area contributed by atoms with Crippen molar-refractivity contribution >= 4 is 39.2 Å². The van der Waals surface area contributed by atoms with Crippen molar-refractivity contribution in [1.29, 1.82) is 0 Å². The van der Waals surface area contributed by atoms with Crippen LogP contribution in [0.1, 0.15) is 38.2 Å². The molecule has 0 aromatic heterocycles. The molecular weight excluding hydrogens is 468 g/mol. The predicted octanol–water partition coefficient (Wildman–Crippen LogP) is 3.36. The quantitative estimate of drug-likeness (QED) is 0.615. The minimum atomic E-state index is -3.68. The van der Waals surface area contributed by atoms with Gasteiger partial charge in [0.25, 0.3) is 5.91 Å². The third-order valence-corrected chi connectivity index (χ3v) is 8.28. The van der Waals surface area contributed by atoms with Crippen LogP contribution in [0.5, 0.6) is 0 Å². The fourth-order valence-corrected chi connectivity index (χ4v) is 5.98. The molecule has 0 spiro atoms. The normalized spacial score (nSPS) is 19.7. The van der Waals surface area contributed by atoms with E-state index in [2.05, 4.69) is 5.32 Å². The summed E-state index contributed by atoms with van der Waals surface area (Å²) < 4.78 is 27.7. The lowest BCUT2D eigenvalue weighted by atomic mass is 10.2. The summed E-state index contributed by atoms with van der Waals surface area (Å²) >= 11 is 0. The van der Waals surface area contributed by atoms with Crippen molar-refractivity contribution in [2.24, 2.45) is 0 Å². The molecule has 0 saturated carbocycles.